The maximum atomic E-state index is 11.3. The van der Waals surface area contributed by atoms with Gasteiger partial charge < -0.3 is 4.52 Å². The second kappa shape index (κ2) is 3.08. The van der Waals surface area contributed by atoms with Crippen LogP contribution < -0.4 is 0 Å². The summed E-state index contributed by atoms with van der Waals surface area (Å²) in [6.07, 6.45) is 5.69. The van der Waals surface area contributed by atoms with Crippen molar-refractivity contribution in [1.29, 1.82) is 0 Å². The molecule has 74 valence electrons. The van der Waals surface area contributed by atoms with Crippen LogP contribution in [0.3, 0.4) is 0 Å². The highest BCUT2D eigenvalue weighted by molar-refractivity contribution is 5.91. The van der Waals surface area contributed by atoms with E-state index in [4.69, 9.17) is 4.52 Å². The van der Waals surface area contributed by atoms with E-state index in [1.807, 2.05) is 12.1 Å². The smallest absolute Gasteiger partial charge is 0.156 e. The van der Waals surface area contributed by atoms with Crippen molar-refractivity contribution in [3.05, 3.63) is 30.2 Å². The van der Waals surface area contributed by atoms with Crippen LogP contribution in [-0.4, -0.2) is 10.9 Å². The van der Waals surface area contributed by atoms with E-state index in [1.54, 1.807) is 12.3 Å². The Kier molecular flexibility index (Phi) is 2.02. The molecule has 0 aromatic carbocycles. The van der Waals surface area contributed by atoms with Crippen LogP contribution in [0.25, 0.3) is 0 Å². The second-order valence-corrected chi connectivity index (χ2v) is 4.30. The predicted molar refractivity (Wildman–Crippen MR) is 51.8 cm³/mol. The molecule has 1 aromatic rings. The van der Waals surface area contributed by atoms with Crippen molar-refractivity contribution in [2.75, 3.05) is 0 Å². The van der Waals surface area contributed by atoms with Crippen LogP contribution in [-0.2, 0) is 4.79 Å². The van der Waals surface area contributed by atoms with Crippen LogP contribution in [0.15, 0.2) is 29.0 Å². The minimum atomic E-state index is -0.0230. The second-order valence-electron chi connectivity index (χ2n) is 4.30. The van der Waals surface area contributed by atoms with Crippen molar-refractivity contribution < 1.29 is 9.32 Å². The van der Waals surface area contributed by atoms with E-state index >= 15 is 0 Å². The lowest BCUT2D eigenvalue weighted by atomic mass is 9.71. The molecule has 1 aliphatic carbocycles. The lowest BCUT2D eigenvalue weighted by Gasteiger charge is -2.32. The minimum absolute atomic E-state index is 0.0230. The molecule has 1 unspecified atom stereocenters. The van der Waals surface area contributed by atoms with Crippen LogP contribution >= 0.6 is 0 Å². The highest BCUT2D eigenvalue weighted by Gasteiger charge is 2.34. The van der Waals surface area contributed by atoms with Gasteiger partial charge in [-0.15, -0.1) is 0 Å². The van der Waals surface area contributed by atoms with E-state index in [1.165, 1.54) is 0 Å². The molecule has 14 heavy (non-hydrogen) atoms. The van der Waals surface area contributed by atoms with E-state index in [0.29, 0.717) is 6.42 Å². The molecule has 1 aliphatic rings. The molecule has 0 radical (unpaired) electrons. The summed E-state index contributed by atoms with van der Waals surface area (Å²) < 4.78 is 4.81. The fraction of sp³-hybridized carbons (Fsp3) is 0.455. The molecule has 0 saturated carbocycles. The molecule has 1 heterocycles. The maximum absolute atomic E-state index is 11.3. The minimum Gasteiger partial charge on any atom is -0.365 e. The summed E-state index contributed by atoms with van der Waals surface area (Å²) in [5, 5.41) is 3.91. The zero-order valence-electron chi connectivity index (χ0n) is 8.36. The summed E-state index contributed by atoms with van der Waals surface area (Å²) in [6.45, 7) is 4.21. The Labute approximate surface area is 82.8 Å². The SMILES string of the molecule is CC1(C)C=CC(=O)CC1c1ccon1. The molecule has 0 bridgehead atoms. The van der Waals surface area contributed by atoms with Crippen LogP contribution in [0.1, 0.15) is 31.9 Å². The lowest BCUT2D eigenvalue weighted by Crippen LogP contribution is -2.26. The molecule has 0 aliphatic heterocycles. The molecule has 0 saturated heterocycles. The zero-order chi connectivity index (χ0) is 10.2. The molecule has 1 atom stereocenters. The van der Waals surface area contributed by atoms with Gasteiger partial charge in [-0.1, -0.05) is 25.1 Å². The molecule has 3 heteroatoms. The third kappa shape index (κ3) is 1.50. The van der Waals surface area contributed by atoms with Gasteiger partial charge in [-0.05, 0) is 11.5 Å². The molecular formula is C11H13NO2. The Morgan fingerprint density at radius 3 is 3.00 bits per heavy atom. The van der Waals surface area contributed by atoms with Gasteiger partial charge in [-0.2, -0.15) is 0 Å². The molecule has 0 fully saturated rings. The van der Waals surface area contributed by atoms with Crippen LogP contribution in [0.2, 0.25) is 0 Å². The number of nitrogens with zero attached hydrogens (tertiary/aromatic N) is 1. The van der Waals surface area contributed by atoms with Crippen molar-refractivity contribution in [2.45, 2.75) is 26.2 Å². The van der Waals surface area contributed by atoms with Gasteiger partial charge in [0.1, 0.15) is 6.26 Å². The van der Waals surface area contributed by atoms with Gasteiger partial charge >= 0.3 is 0 Å². The van der Waals surface area contributed by atoms with Gasteiger partial charge in [0.15, 0.2) is 5.78 Å². The molecule has 0 amide bonds. The average Bonchev–Trinajstić information content (AvgIpc) is 2.62. The molecule has 0 N–H and O–H groups in total. The lowest BCUT2D eigenvalue weighted by molar-refractivity contribution is -0.116. The number of allylic oxidation sites excluding steroid dienone is 2. The standard InChI is InChI=1S/C11H13NO2/c1-11(2)5-3-8(13)7-9(11)10-4-6-14-12-10/h3-6,9H,7H2,1-2H3. The number of aromatic nitrogens is 1. The molecule has 0 spiro atoms. The normalized spacial score (nSPS) is 25.3. The summed E-state index contributed by atoms with van der Waals surface area (Å²) in [5.74, 6) is 0.302. The van der Waals surface area contributed by atoms with Crippen LogP contribution in [0.4, 0.5) is 0 Å². The van der Waals surface area contributed by atoms with Crippen LogP contribution in [0.5, 0.6) is 0 Å². The van der Waals surface area contributed by atoms with Crippen molar-refractivity contribution >= 4 is 5.78 Å². The average molecular weight is 191 g/mol. The predicted octanol–water partition coefficient (Wildman–Crippen LogP) is 2.31. The van der Waals surface area contributed by atoms with E-state index in [2.05, 4.69) is 19.0 Å². The maximum Gasteiger partial charge on any atom is 0.156 e. The molecular weight excluding hydrogens is 178 g/mol. The number of rotatable bonds is 1. The van der Waals surface area contributed by atoms with Gasteiger partial charge in [0, 0.05) is 18.4 Å². The van der Waals surface area contributed by atoms with E-state index in [0.717, 1.165) is 5.69 Å². The van der Waals surface area contributed by atoms with E-state index in [-0.39, 0.29) is 17.1 Å². The highest BCUT2D eigenvalue weighted by Crippen LogP contribution is 2.41. The third-order valence-electron chi connectivity index (χ3n) is 2.82. The number of hydrogen-bond acceptors (Lipinski definition) is 3. The summed E-state index contributed by atoms with van der Waals surface area (Å²) in [7, 11) is 0. The Morgan fingerprint density at radius 1 is 1.57 bits per heavy atom. The van der Waals surface area contributed by atoms with E-state index in [9.17, 15) is 4.79 Å². The zero-order valence-corrected chi connectivity index (χ0v) is 8.36. The summed E-state index contributed by atoms with van der Waals surface area (Å²) in [5.41, 5.74) is 0.845. The number of ketones is 1. The van der Waals surface area contributed by atoms with Crippen molar-refractivity contribution in [2.24, 2.45) is 5.41 Å². The Balaban J connectivity index is 2.35. The van der Waals surface area contributed by atoms with Crippen molar-refractivity contribution in [1.82, 2.24) is 5.16 Å². The fourth-order valence-corrected chi connectivity index (χ4v) is 1.84. The summed E-state index contributed by atoms with van der Waals surface area (Å²) >= 11 is 0. The van der Waals surface area contributed by atoms with Gasteiger partial charge in [-0.25, -0.2) is 0 Å². The third-order valence-corrected chi connectivity index (χ3v) is 2.82. The van der Waals surface area contributed by atoms with Crippen molar-refractivity contribution in [3.8, 4) is 0 Å². The first-order chi connectivity index (χ1) is 6.59. The highest BCUT2D eigenvalue weighted by atomic mass is 16.5. The molecule has 1 aromatic heterocycles. The fourth-order valence-electron chi connectivity index (χ4n) is 1.84. The molecule has 3 nitrogen and oxygen atoms in total. The Bertz CT molecular complexity index is 363. The van der Waals surface area contributed by atoms with E-state index < -0.39 is 0 Å². The van der Waals surface area contributed by atoms with Gasteiger partial charge in [0.2, 0.25) is 0 Å². The Morgan fingerprint density at radius 2 is 2.36 bits per heavy atom. The molecule has 2 rings (SSSR count). The quantitative estimate of drug-likeness (QED) is 0.684. The first kappa shape index (κ1) is 9.19. The monoisotopic (exact) mass is 191 g/mol. The first-order valence-electron chi connectivity index (χ1n) is 4.72. The van der Waals surface area contributed by atoms with Gasteiger partial charge in [0.05, 0.1) is 5.69 Å². The van der Waals surface area contributed by atoms with Crippen LogP contribution in [0, 0.1) is 5.41 Å². The first-order valence-corrected chi connectivity index (χ1v) is 4.72. The summed E-state index contributed by atoms with van der Waals surface area (Å²) in [6, 6.07) is 1.83. The number of carbonyl (C=O) groups is 1. The number of hydrogen-bond donors (Lipinski definition) is 0. The van der Waals surface area contributed by atoms with Crippen molar-refractivity contribution in [3.63, 3.8) is 0 Å². The Hall–Kier alpha value is -1.38. The largest absolute Gasteiger partial charge is 0.365 e. The van der Waals surface area contributed by atoms with Gasteiger partial charge in [-0.3, -0.25) is 4.79 Å². The summed E-state index contributed by atoms with van der Waals surface area (Å²) in [4.78, 5) is 11.3. The number of carbonyl (C=O) groups excluding carboxylic acids is 1. The van der Waals surface area contributed by atoms with Gasteiger partial charge in [0.25, 0.3) is 0 Å². The topological polar surface area (TPSA) is 43.1 Å².